The van der Waals surface area contributed by atoms with E-state index in [1.807, 2.05) is 48.5 Å². The Morgan fingerprint density at radius 2 is 1.12 bits per heavy atom. The van der Waals surface area contributed by atoms with Crippen LogP contribution >= 0.6 is 20.7 Å². The van der Waals surface area contributed by atoms with Gasteiger partial charge in [0.2, 0.25) is 0 Å². The maximum atomic E-state index is 11.8. The topological polar surface area (TPSA) is 79.1 Å². The van der Waals surface area contributed by atoms with E-state index in [1.165, 1.54) is 0 Å². The standard InChI is InChI=1S/C43H40IN3O2/c1-42(2,3)28-22-30(40(48)31(23-28)36-11-7-9-19-45-36)34-17-14-26-13-15-27-16-18-38(47-39(27)35(21-26)44-34)33-25-29(43(4,5)6)24-32(41(33)49)37-12-8-10-20-46-37/h7-25,35,48-49H,1-6H3. The van der Waals surface area contributed by atoms with Crippen LogP contribution in [0.5, 0.6) is 11.5 Å². The second-order valence-electron chi connectivity index (χ2n) is 14.6. The Morgan fingerprint density at radius 1 is 0.592 bits per heavy atom. The molecule has 6 heteroatoms. The molecule has 0 saturated carbocycles. The van der Waals surface area contributed by atoms with Crippen molar-refractivity contribution in [1.29, 1.82) is 0 Å². The van der Waals surface area contributed by atoms with E-state index in [0.717, 1.165) is 59.7 Å². The van der Waals surface area contributed by atoms with Gasteiger partial charge in [-0.3, -0.25) is 15.0 Å². The summed E-state index contributed by atoms with van der Waals surface area (Å²) in [5.41, 5.74) is 10.3. The molecule has 2 aromatic carbocycles. The van der Waals surface area contributed by atoms with Crippen LogP contribution in [-0.2, 0) is 10.8 Å². The van der Waals surface area contributed by atoms with Gasteiger partial charge in [-0.2, -0.15) is 0 Å². The molecule has 2 aliphatic rings. The van der Waals surface area contributed by atoms with Gasteiger partial charge < -0.3 is 10.2 Å². The molecule has 0 spiro atoms. The molecule has 2 N–H and O–H groups in total. The normalized spacial score (nSPS) is 15.8. The fraction of sp³-hybridized carbons (Fsp3) is 0.209. The third-order valence-electron chi connectivity index (χ3n) is 9.04. The van der Waals surface area contributed by atoms with Crippen molar-refractivity contribution in [2.45, 2.75) is 56.3 Å². The Balaban J connectivity index is 1.39. The summed E-state index contributed by atoms with van der Waals surface area (Å²) < 4.78 is 1.18. The van der Waals surface area contributed by atoms with Crippen molar-refractivity contribution < 1.29 is 10.2 Å². The molecule has 4 heterocycles. The minimum absolute atomic E-state index is 0.0444. The zero-order valence-corrected chi connectivity index (χ0v) is 30.8. The van der Waals surface area contributed by atoms with E-state index in [2.05, 4.69) is 106 Å². The Kier molecular flexibility index (Phi) is 8.47. The summed E-state index contributed by atoms with van der Waals surface area (Å²) in [6.07, 6.45) is 14.4. The molecule has 1 atom stereocenters. The largest absolute Gasteiger partial charge is 0.507 e. The Bertz CT molecular complexity index is 2200. The number of aromatic nitrogens is 3. The summed E-state index contributed by atoms with van der Waals surface area (Å²) in [5, 5.41) is 23.6. The van der Waals surface area contributed by atoms with Crippen LogP contribution in [0.1, 0.15) is 73.4 Å². The number of benzene rings is 2. The zero-order chi connectivity index (χ0) is 34.5. The van der Waals surface area contributed by atoms with Gasteiger partial charge in [0.25, 0.3) is 0 Å². The first-order valence-corrected chi connectivity index (χ1v) is 18.9. The maximum Gasteiger partial charge on any atom is 0.134 e. The van der Waals surface area contributed by atoms with Gasteiger partial charge >= 0.3 is 0 Å². The highest BCUT2D eigenvalue weighted by Crippen LogP contribution is 2.45. The maximum absolute atomic E-state index is 11.8. The van der Waals surface area contributed by atoms with Crippen molar-refractivity contribution in [3.8, 4) is 45.3 Å². The van der Waals surface area contributed by atoms with Gasteiger partial charge in [-0.25, -0.2) is 0 Å². The molecule has 0 radical (unpaired) electrons. The Morgan fingerprint density at radius 3 is 1.67 bits per heavy atom. The van der Waals surface area contributed by atoms with Crippen molar-refractivity contribution in [1.82, 2.24) is 15.0 Å². The van der Waals surface area contributed by atoms with Crippen molar-refractivity contribution in [3.05, 3.63) is 143 Å². The first-order chi connectivity index (χ1) is 23.4. The molecule has 49 heavy (non-hydrogen) atoms. The van der Waals surface area contributed by atoms with E-state index in [1.54, 1.807) is 12.4 Å². The molecule has 3 aromatic heterocycles. The molecule has 0 saturated heterocycles. The predicted molar refractivity (Wildman–Crippen MR) is 210 cm³/mol. The summed E-state index contributed by atoms with van der Waals surface area (Å²) in [5.74, 6) is 0.434. The van der Waals surface area contributed by atoms with Crippen LogP contribution < -0.4 is 0 Å². The van der Waals surface area contributed by atoms with Gasteiger partial charge in [0.15, 0.2) is 0 Å². The SMILES string of the molecule is CC(C)(C)c1cc(C2=IC3C=C(C=C2)C=Cc2ccc(-c4cc(C(C)(C)C)cc(-c5ccccn5)c4O)nc23)c(O)c(-c2ccccn2)c1. The highest BCUT2D eigenvalue weighted by atomic mass is 127. The van der Waals surface area contributed by atoms with E-state index in [9.17, 15) is 10.2 Å². The third kappa shape index (κ3) is 6.54. The van der Waals surface area contributed by atoms with E-state index >= 15 is 0 Å². The quantitative estimate of drug-likeness (QED) is 0.141. The van der Waals surface area contributed by atoms with E-state index in [-0.39, 0.29) is 26.3 Å². The number of allylic oxidation sites excluding steroid dienone is 5. The fourth-order valence-electron chi connectivity index (χ4n) is 6.11. The molecule has 5 aromatic rings. The van der Waals surface area contributed by atoms with Crippen LogP contribution in [0.25, 0.3) is 39.8 Å². The summed E-state index contributed by atoms with van der Waals surface area (Å²) in [6, 6.07) is 24.0. The van der Waals surface area contributed by atoms with Gasteiger partial charge in [0.1, 0.15) is 11.5 Å². The summed E-state index contributed by atoms with van der Waals surface area (Å²) in [6.45, 7) is 13.1. The van der Waals surface area contributed by atoms with Crippen LogP contribution in [0.15, 0.2) is 115 Å². The lowest BCUT2D eigenvalue weighted by molar-refractivity contribution is 0.475. The van der Waals surface area contributed by atoms with Gasteiger partial charge in [-0.15, -0.1) is 0 Å². The fourth-order valence-corrected chi connectivity index (χ4v) is 9.35. The van der Waals surface area contributed by atoms with Crippen LogP contribution in [0.3, 0.4) is 0 Å². The summed E-state index contributed by atoms with van der Waals surface area (Å²) in [7, 11) is 0. The third-order valence-corrected chi connectivity index (χ3v) is 12.3. The van der Waals surface area contributed by atoms with E-state index in [0.29, 0.717) is 11.1 Å². The van der Waals surface area contributed by atoms with E-state index in [4.69, 9.17) is 4.98 Å². The van der Waals surface area contributed by atoms with Gasteiger partial charge in [-0.05, 0) is 93.8 Å². The smallest absolute Gasteiger partial charge is 0.134 e. The molecule has 1 aliphatic heterocycles. The Hall–Kier alpha value is -4.69. The molecule has 5 nitrogen and oxygen atoms in total. The molecule has 0 fully saturated rings. The van der Waals surface area contributed by atoms with Gasteiger partial charge in [0.05, 0.1) is 26.7 Å². The molecule has 246 valence electrons. The lowest BCUT2D eigenvalue weighted by Gasteiger charge is -2.23. The first kappa shape index (κ1) is 32.8. The molecule has 1 aliphatic carbocycles. The molecule has 0 amide bonds. The lowest BCUT2D eigenvalue weighted by atomic mass is 9.83. The van der Waals surface area contributed by atoms with Crippen molar-refractivity contribution in [2.24, 2.45) is 0 Å². The average molecular weight is 758 g/mol. The number of hydrogen-bond donors (Lipinski definition) is 2. The second-order valence-corrected chi connectivity index (χ2v) is 17.8. The van der Waals surface area contributed by atoms with Crippen LogP contribution in [0, 0.1) is 0 Å². The molecular formula is C43H40IN3O2. The summed E-state index contributed by atoms with van der Waals surface area (Å²) >= 11 is -0.716. The number of alkyl halides is 1. The first-order valence-electron chi connectivity index (χ1n) is 16.5. The lowest BCUT2D eigenvalue weighted by Crippen LogP contribution is -2.13. The zero-order valence-electron chi connectivity index (χ0n) is 28.7. The number of pyridine rings is 3. The highest BCUT2D eigenvalue weighted by molar-refractivity contribution is 14.2. The summed E-state index contributed by atoms with van der Waals surface area (Å²) in [4.78, 5) is 14.5. The number of phenolic OH excluding ortho intramolecular Hbond substituents is 2. The van der Waals surface area contributed by atoms with Crippen molar-refractivity contribution in [3.63, 3.8) is 0 Å². The molecule has 1 unspecified atom stereocenters. The number of fused-ring (bicyclic) bond motifs is 3. The minimum Gasteiger partial charge on any atom is -0.507 e. The molecule has 2 bridgehead atoms. The number of phenols is 2. The number of aromatic hydroxyl groups is 2. The van der Waals surface area contributed by atoms with Gasteiger partial charge in [-0.1, -0.05) is 105 Å². The monoisotopic (exact) mass is 757 g/mol. The average Bonchev–Trinajstić information content (AvgIpc) is 3.40. The van der Waals surface area contributed by atoms with Gasteiger partial charge in [0, 0.05) is 38.2 Å². The van der Waals surface area contributed by atoms with Crippen LogP contribution in [0.2, 0.25) is 0 Å². The van der Waals surface area contributed by atoms with Crippen molar-refractivity contribution in [2.75, 3.05) is 0 Å². The second kappa shape index (κ2) is 12.6. The number of nitrogens with zero attached hydrogens (tertiary/aromatic N) is 3. The van der Waals surface area contributed by atoms with Crippen LogP contribution in [0.4, 0.5) is 0 Å². The molecule has 7 rings (SSSR count). The van der Waals surface area contributed by atoms with Crippen LogP contribution in [-0.4, -0.2) is 28.7 Å². The Labute approximate surface area is 298 Å². The van der Waals surface area contributed by atoms with E-state index < -0.39 is 20.7 Å². The number of hydrogen-bond acceptors (Lipinski definition) is 5. The number of halogens is 1. The molecular weight excluding hydrogens is 717 g/mol. The van der Waals surface area contributed by atoms with Crippen molar-refractivity contribution >= 4 is 30.3 Å². The highest BCUT2D eigenvalue weighted by Gasteiger charge is 2.26. The number of rotatable bonds is 4. The minimum atomic E-state index is -0.716. The predicted octanol–water partition coefficient (Wildman–Crippen LogP) is 10.6.